The van der Waals surface area contributed by atoms with E-state index in [0.717, 1.165) is 12.1 Å². The maximum Gasteiger partial charge on any atom is 0.278 e. The second-order valence-electron chi connectivity index (χ2n) is 2.58. The normalized spacial score (nSPS) is 10.3. The van der Waals surface area contributed by atoms with Crippen molar-refractivity contribution >= 4 is 11.4 Å². The van der Waals surface area contributed by atoms with Gasteiger partial charge in [-0.3, -0.25) is 10.1 Å². The second-order valence-corrected chi connectivity index (χ2v) is 2.58. The molecule has 0 aliphatic carbocycles. The van der Waals surface area contributed by atoms with Crippen molar-refractivity contribution in [3.8, 4) is 0 Å². The number of hydrogen-bond acceptors (Lipinski definition) is 3. The van der Waals surface area contributed by atoms with E-state index in [4.69, 9.17) is 0 Å². The smallest absolute Gasteiger partial charge is 0.278 e. The summed E-state index contributed by atoms with van der Waals surface area (Å²) in [6, 6.07) is 3.51. The largest absolute Gasteiger partial charge is 0.388 e. The van der Waals surface area contributed by atoms with Gasteiger partial charge in [0.1, 0.15) is 0 Å². The number of rotatable bonds is 3. The predicted molar refractivity (Wildman–Crippen MR) is 47.6 cm³/mol. The standard InChI is InChI=1S/C8H8F2N2O2/c1-11-5-2-3-7(12(13)14)6(4-5)8(9)10/h2-4,8,11H,1H3. The molecule has 4 nitrogen and oxygen atoms in total. The fourth-order valence-electron chi connectivity index (χ4n) is 1.05. The number of nitrogens with zero attached hydrogens (tertiary/aromatic N) is 1. The molecule has 0 saturated heterocycles. The Morgan fingerprint density at radius 3 is 2.57 bits per heavy atom. The maximum absolute atomic E-state index is 12.4. The van der Waals surface area contributed by atoms with Gasteiger partial charge in [0, 0.05) is 18.8 Å². The van der Waals surface area contributed by atoms with Gasteiger partial charge < -0.3 is 5.32 Å². The third-order valence-corrected chi connectivity index (χ3v) is 1.75. The molecule has 0 heterocycles. The Bertz CT molecular complexity index is 355. The van der Waals surface area contributed by atoms with Crippen LogP contribution < -0.4 is 5.32 Å². The van der Waals surface area contributed by atoms with E-state index in [1.807, 2.05) is 0 Å². The van der Waals surface area contributed by atoms with Gasteiger partial charge in [0.15, 0.2) is 0 Å². The molecule has 0 fully saturated rings. The van der Waals surface area contributed by atoms with E-state index in [1.54, 1.807) is 7.05 Å². The number of anilines is 1. The van der Waals surface area contributed by atoms with Crippen LogP contribution in [-0.2, 0) is 0 Å². The van der Waals surface area contributed by atoms with Crippen LogP contribution >= 0.6 is 0 Å². The molecule has 0 aliphatic heterocycles. The number of hydrogen-bond donors (Lipinski definition) is 1. The fourth-order valence-corrected chi connectivity index (χ4v) is 1.05. The van der Waals surface area contributed by atoms with Crippen LogP contribution in [0.5, 0.6) is 0 Å². The minimum atomic E-state index is -2.84. The van der Waals surface area contributed by atoms with Crippen molar-refractivity contribution in [3.63, 3.8) is 0 Å². The van der Waals surface area contributed by atoms with Gasteiger partial charge in [-0.1, -0.05) is 0 Å². The summed E-state index contributed by atoms with van der Waals surface area (Å²) in [5.41, 5.74) is -0.702. The summed E-state index contributed by atoms with van der Waals surface area (Å²) in [6.45, 7) is 0. The lowest BCUT2D eigenvalue weighted by Gasteiger charge is -2.04. The Labute approximate surface area is 78.7 Å². The molecule has 0 unspecified atom stereocenters. The lowest BCUT2D eigenvalue weighted by molar-refractivity contribution is -0.386. The molecule has 0 amide bonds. The molecule has 1 aromatic rings. The molecule has 0 saturated carbocycles. The topological polar surface area (TPSA) is 55.2 Å². The van der Waals surface area contributed by atoms with Gasteiger partial charge in [0.2, 0.25) is 0 Å². The van der Waals surface area contributed by atoms with E-state index in [2.05, 4.69) is 5.32 Å². The van der Waals surface area contributed by atoms with Crippen LogP contribution in [0.1, 0.15) is 12.0 Å². The van der Waals surface area contributed by atoms with Crippen LogP contribution in [0.2, 0.25) is 0 Å². The minimum Gasteiger partial charge on any atom is -0.388 e. The number of nitrogens with one attached hydrogen (secondary N) is 1. The van der Waals surface area contributed by atoms with Crippen molar-refractivity contribution < 1.29 is 13.7 Å². The summed E-state index contributed by atoms with van der Waals surface area (Å²) in [4.78, 5) is 9.56. The van der Waals surface area contributed by atoms with Crippen molar-refractivity contribution in [2.45, 2.75) is 6.43 Å². The molecule has 76 valence electrons. The number of halogens is 2. The number of alkyl halides is 2. The molecule has 0 aromatic heterocycles. The number of nitro benzene ring substituents is 1. The molecule has 6 heteroatoms. The summed E-state index contributed by atoms with van der Waals surface area (Å²) in [6.07, 6.45) is -2.84. The summed E-state index contributed by atoms with van der Waals surface area (Å²) >= 11 is 0. The van der Waals surface area contributed by atoms with Gasteiger partial charge in [-0.2, -0.15) is 0 Å². The molecular weight excluding hydrogens is 194 g/mol. The van der Waals surface area contributed by atoms with Crippen molar-refractivity contribution in [1.82, 2.24) is 0 Å². The number of benzene rings is 1. The summed E-state index contributed by atoms with van der Waals surface area (Å²) in [5, 5.41) is 13.0. The summed E-state index contributed by atoms with van der Waals surface area (Å²) in [5.74, 6) is 0. The highest BCUT2D eigenvalue weighted by molar-refractivity contribution is 5.54. The molecule has 0 radical (unpaired) electrons. The maximum atomic E-state index is 12.4. The molecule has 1 aromatic carbocycles. The van der Waals surface area contributed by atoms with Gasteiger partial charge in [-0.15, -0.1) is 0 Å². The van der Waals surface area contributed by atoms with Crippen molar-refractivity contribution in [2.24, 2.45) is 0 Å². The van der Waals surface area contributed by atoms with E-state index in [0.29, 0.717) is 5.69 Å². The first-order valence-electron chi connectivity index (χ1n) is 3.80. The number of nitro groups is 1. The van der Waals surface area contributed by atoms with Crippen LogP contribution in [0.15, 0.2) is 18.2 Å². The quantitative estimate of drug-likeness (QED) is 0.605. The highest BCUT2D eigenvalue weighted by atomic mass is 19.3. The van der Waals surface area contributed by atoms with Crippen LogP contribution in [0, 0.1) is 10.1 Å². The Hall–Kier alpha value is -1.72. The lowest BCUT2D eigenvalue weighted by atomic mass is 10.1. The minimum absolute atomic E-state index is 0.422. The first kappa shape index (κ1) is 10.4. The zero-order valence-electron chi connectivity index (χ0n) is 7.33. The lowest BCUT2D eigenvalue weighted by Crippen LogP contribution is -1.97. The third kappa shape index (κ3) is 1.95. The van der Waals surface area contributed by atoms with Gasteiger partial charge in [0.25, 0.3) is 12.1 Å². The average molecular weight is 202 g/mol. The van der Waals surface area contributed by atoms with Crippen molar-refractivity contribution in [2.75, 3.05) is 12.4 Å². The highest BCUT2D eigenvalue weighted by Crippen LogP contribution is 2.30. The highest BCUT2D eigenvalue weighted by Gasteiger charge is 2.21. The fraction of sp³-hybridized carbons (Fsp3) is 0.250. The van der Waals surface area contributed by atoms with E-state index in [1.165, 1.54) is 6.07 Å². The first-order chi connectivity index (χ1) is 6.56. The predicted octanol–water partition coefficient (Wildman–Crippen LogP) is 2.57. The van der Waals surface area contributed by atoms with E-state index in [-0.39, 0.29) is 0 Å². The molecule has 0 atom stereocenters. The van der Waals surface area contributed by atoms with Gasteiger partial charge >= 0.3 is 0 Å². The van der Waals surface area contributed by atoms with Crippen molar-refractivity contribution in [3.05, 3.63) is 33.9 Å². The Balaban J connectivity index is 3.24. The van der Waals surface area contributed by atoms with Crippen LogP contribution in [0.4, 0.5) is 20.2 Å². The molecule has 1 N–H and O–H groups in total. The zero-order chi connectivity index (χ0) is 10.7. The Morgan fingerprint density at radius 2 is 2.14 bits per heavy atom. The Kier molecular flexibility index (Phi) is 2.95. The molecule has 0 spiro atoms. The van der Waals surface area contributed by atoms with Gasteiger partial charge in [-0.05, 0) is 12.1 Å². The first-order valence-corrected chi connectivity index (χ1v) is 3.80. The van der Waals surface area contributed by atoms with E-state index in [9.17, 15) is 18.9 Å². The van der Waals surface area contributed by atoms with E-state index < -0.39 is 22.6 Å². The van der Waals surface area contributed by atoms with Crippen molar-refractivity contribution in [1.29, 1.82) is 0 Å². The van der Waals surface area contributed by atoms with Crippen LogP contribution in [0.25, 0.3) is 0 Å². The van der Waals surface area contributed by atoms with Gasteiger partial charge in [-0.25, -0.2) is 8.78 Å². The Morgan fingerprint density at radius 1 is 1.50 bits per heavy atom. The molecule has 1 rings (SSSR count). The molecular formula is C8H8F2N2O2. The summed E-state index contributed by atoms with van der Waals surface area (Å²) < 4.78 is 24.7. The van der Waals surface area contributed by atoms with E-state index >= 15 is 0 Å². The SMILES string of the molecule is CNc1ccc([N+](=O)[O-])c(C(F)F)c1. The second kappa shape index (κ2) is 3.99. The third-order valence-electron chi connectivity index (χ3n) is 1.75. The van der Waals surface area contributed by atoms with Crippen LogP contribution in [-0.4, -0.2) is 12.0 Å². The monoisotopic (exact) mass is 202 g/mol. The molecule has 14 heavy (non-hydrogen) atoms. The molecule has 0 aliphatic rings. The summed E-state index contributed by atoms with van der Waals surface area (Å²) in [7, 11) is 1.55. The average Bonchev–Trinajstić information content (AvgIpc) is 2.16. The van der Waals surface area contributed by atoms with Gasteiger partial charge in [0.05, 0.1) is 10.5 Å². The van der Waals surface area contributed by atoms with Crippen LogP contribution in [0.3, 0.4) is 0 Å². The zero-order valence-corrected chi connectivity index (χ0v) is 7.33. The molecule has 0 bridgehead atoms.